The Morgan fingerprint density at radius 2 is 2.04 bits per heavy atom. The van der Waals surface area contributed by atoms with Gasteiger partial charge in [-0.05, 0) is 24.8 Å². The Balaban J connectivity index is 1.67. The lowest BCUT2D eigenvalue weighted by Crippen LogP contribution is -2.30. The van der Waals surface area contributed by atoms with Crippen LogP contribution in [0.4, 0.5) is 0 Å². The lowest BCUT2D eigenvalue weighted by molar-refractivity contribution is -0.122. The van der Waals surface area contributed by atoms with Crippen LogP contribution in [0.1, 0.15) is 62.2 Å². The molecule has 1 N–H and O–H groups in total. The van der Waals surface area contributed by atoms with Crippen molar-refractivity contribution in [2.45, 2.75) is 64.5 Å². The van der Waals surface area contributed by atoms with E-state index in [4.69, 9.17) is 0 Å². The van der Waals surface area contributed by atoms with E-state index in [1.807, 2.05) is 30.3 Å². The van der Waals surface area contributed by atoms with Crippen LogP contribution >= 0.6 is 0 Å². The van der Waals surface area contributed by atoms with Crippen LogP contribution in [0, 0.1) is 0 Å². The fraction of sp³-hybridized carbons (Fsp3) is 0.526. The number of hydrogen-bond donors (Lipinski definition) is 1. The van der Waals surface area contributed by atoms with Crippen LogP contribution < -0.4 is 5.32 Å². The van der Waals surface area contributed by atoms with Gasteiger partial charge in [0.15, 0.2) is 5.82 Å². The average molecular weight is 326 g/mol. The number of aryl methyl sites for hydroxylation is 1. The van der Waals surface area contributed by atoms with E-state index in [0.29, 0.717) is 6.54 Å². The Morgan fingerprint density at radius 3 is 2.83 bits per heavy atom. The van der Waals surface area contributed by atoms with Gasteiger partial charge in [-0.3, -0.25) is 4.79 Å². The Morgan fingerprint density at radius 1 is 1.21 bits per heavy atom. The summed E-state index contributed by atoms with van der Waals surface area (Å²) in [7, 11) is 0. The van der Waals surface area contributed by atoms with Crippen molar-refractivity contribution in [1.82, 2.24) is 20.1 Å². The van der Waals surface area contributed by atoms with Crippen LogP contribution in [0.25, 0.3) is 0 Å². The van der Waals surface area contributed by atoms with Crippen LogP contribution in [0.3, 0.4) is 0 Å². The first-order valence-electron chi connectivity index (χ1n) is 9.03. The molecule has 5 heteroatoms. The molecule has 1 aromatic carbocycles. The van der Waals surface area contributed by atoms with Crippen LogP contribution in [0.5, 0.6) is 0 Å². The van der Waals surface area contributed by atoms with E-state index in [2.05, 4.69) is 27.0 Å². The molecule has 0 aliphatic carbocycles. The molecule has 1 unspecified atom stereocenters. The molecule has 0 saturated carbocycles. The SMILES string of the molecule is CCCC(C(=O)NCc1nnc2n1CCCCC2)c1ccccc1. The summed E-state index contributed by atoms with van der Waals surface area (Å²) < 4.78 is 2.19. The van der Waals surface area contributed by atoms with E-state index in [1.54, 1.807) is 0 Å². The number of aromatic nitrogens is 3. The van der Waals surface area contributed by atoms with Crippen molar-refractivity contribution in [3.63, 3.8) is 0 Å². The zero-order valence-corrected chi connectivity index (χ0v) is 14.4. The van der Waals surface area contributed by atoms with Crippen molar-refractivity contribution in [2.24, 2.45) is 0 Å². The number of benzene rings is 1. The molecular formula is C19H26N4O. The molecule has 0 fully saturated rings. The van der Waals surface area contributed by atoms with E-state index >= 15 is 0 Å². The fourth-order valence-corrected chi connectivity index (χ4v) is 3.39. The number of fused-ring (bicyclic) bond motifs is 1. The predicted octanol–water partition coefficient (Wildman–Crippen LogP) is 3.20. The Labute approximate surface area is 143 Å². The zero-order valence-electron chi connectivity index (χ0n) is 14.4. The molecular weight excluding hydrogens is 300 g/mol. The van der Waals surface area contributed by atoms with Crippen LogP contribution in [-0.4, -0.2) is 20.7 Å². The van der Waals surface area contributed by atoms with E-state index in [-0.39, 0.29) is 11.8 Å². The minimum atomic E-state index is -0.0947. The quantitative estimate of drug-likeness (QED) is 0.887. The Bertz CT molecular complexity index is 665. The molecule has 2 aromatic rings. The third-order valence-electron chi connectivity index (χ3n) is 4.70. The first kappa shape index (κ1) is 16.7. The molecule has 1 aromatic heterocycles. The summed E-state index contributed by atoms with van der Waals surface area (Å²) in [6.07, 6.45) is 6.40. The van der Waals surface area contributed by atoms with Gasteiger partial charge in [-0.25, -0.2) is 0 Å². The van der Waals surface area contributed by atoms with Gasteiger partial charge in [0.1, 0.15) is 5.82 Å². The predicted molar refractivity (Wildman–Crippen MR) is 93.5 cm³/mol. The normalized spacial score (nSPS) is 15.4. The molecule has 1 aliphatic heterocycles. The summed E-state index contributed by atoms with van der Waals surface area (Å²) in [4.78, 5) is 12.7. The van der Waals surface area contributed by atoms with Crippen molar-refractivity contribution in [1.29, 1.82) is 0 Å². The summed E-state index contributed by atoms with van der Waals surface area (Å²) >= 11 is 0. The van der Waals surface area contributed by atoms with Crippen molar-refractivity contribution < 1.29 is 4.79 Å². The number of rotatable bonds is 6. The highest BCUT2D eigenvalue weighted by Gasteiger charge is 2.21. The number of carbonyl (C=O) groups excluding carboxylic acids is 1. The number of hydrogen-bond acceptors (Lipinski definition) is 3. The maximum Gasteiger partial charge on any atom is 0.227 e. The smallest absolute Gasteiger partial charge is 0.227 e. The van der Waals surface area contributed by atoms with E-state index in [1.165, 1.54) is 12.8 Å². The van der Waals surface area contributed by atoms with Gasteiger partial charge >= 0.3 is 0 Å². The second-order valence-electron chi connectivity index (χ2n) is 6.46. The lowest BCUT2D eigenvalue weighted by atomic mass is 9.94. The highest BCUT2D eigenvalue weighted by Crippen LogP contribution is 2.21. The zero-order chi connectivity index (χ0) is 16.8. The van der Waals surface area contributed by atoms with Crippen LogP contribution in [-0.2, 0) is 24.3 Å². The lowest BCUT2D eigenvalue weighted by Gasteiger charge is -2.16. The molecule has 0 radical (unpaired) electrons. The summed E-state index contributed by atoms with van der Waals surface area (Å²) in [6.45, 7) is 3.53. The van der Waals surface area contributed by atoms with Crippen molar-refractivity contribution in [3.8, 4) is 0 Å². The van der Waals surface area contributed by atoms with Gasteiger partial charge in [0.2, 0.25) is 5.91 Å². The second-order valence-corrected chi connectivity index (χ2v) is 6.46. The summed E-state index contributed by atoms with van der Waals surface area (Å²) in [5, 5.41) is 11.7. The highest BCUT2D eigenvalue weighted by molar-refractivity contribution is 5.83. The maximum atomic E-state index is 12.7. The van der Waals surface area contributed by atoms with Gasteiger partial charge in [-0.15, -0.1) is 10.2 Å². The molecule has 3 rings (SSSR count). The first-order valence-corrected chi connectivity index (χ1v) is 9.03. The van der Waals surface area contributed by atoms with E-state index in [9.17, 15) is 4.79 Å². The highest BCUT2D eigenvalue weighted by atomic mass is 16.1. The summed E-state index contributed by atoms with van der Waals surface area (Å²) in [6, 6.07) is 10.0. The molecule has 128 valence electrons. The molecule has 0 saturated heterocycles. The van der Waals surface area contributed by atoms with Gasteiger partial charge in [0.25, 0.3) is 0 Å². The molecule has 1 atom stereocenters. The van der Waals surface area contributed by atoms with Gasteiger partial charge in [0, 0.05) is 13.0 Å². The molecule has 1 aliphatic rings. The number of carbonyl (C=O) groups is 1. The van der Waals surface area contributed by atoms with Crippen molar-refractivity contribution in [3.05, 3.63) is 47.5 Å². The Kier molecular flexibility index (Phi) is 5.62. The van der Waals surface area contributed by atoms with Crippen LogP contribution in [0.15, 0.2) is 30.3 Å². The van der Waals surface area contributed by atoms with Crippen molar-refractivity contribution in [2.75, 3.05) is 0 Å². The van der Waals surface area contributed by atoms with Crippen LogP contribution in [0.2, 0.25) is 0 Å². The van der Waals surface area contributed by atoms with Crippen molar-refractivity contribution >= 4 is 5.91 Å². The average Bonchev–Trinajstić information content (AvgIpc) is 2.84. The molecule has 5 nitrogen and oxygen atoms in total. The minimum absolute atomic E-state index is 0.0778. The maximum absolute atomic E-state index is 12.7. The van der Waals surface area contributed by atoms with Gasteiger partial charge < -0.3 is 9.88 Å². The molecule has 1 amide bonds. The third kappa shape index (κ3) is 3.83. The molecule has 24 heavy (non-hydrogen) atoms. The largest absolute Gasteiger partial charge is 0.348 e. The number of nitrogens with one attached hydrogen (secondary N) is 1. The minimum Gasteiger partial charge on any atom is -0.348 e. The summed E-state index contributed by atoms with van der Waals surface area (Å²) in [5.41, 5.74) is 1.08. The van der Waals surface area contributed by atoms with Gasteiger partial charge in [0.05, 0.1) is 12.5 Å². The van der Waals surface area contributed by atoms with Gasteiger partial charge in [-0.2, -0.15) is 0 Å². The number of nitrogens with zero attached hydrogens (tertiary/aromatic N) is 3. The van der Waals surface area contributed by atoms with E-state index in [0.717, 1.165) is 49.4 Å². The Hall–Kier alpha value is -2.17. The summed E-state index contributed by atoms with van der Waals surface area (Å²) in [5.74, 6) is 1.92. The standard InChI is InChI=1S/C19H26N4O/c1-2-9-16(15-10-5-3-6-11-15)19(24)20-14-18-22-21-17-12-7-4-8-13-23(17)18/h3,5-6,10-11,16H,2,4,7-9,12-14H2,1H3,(H,20,24). The third-order valence-corrected chi connectivity index (χ3v) is 4.70. The second kappa shape index (κ2) is 8.08. The topological polar surface area (TPSA) is 59.8 Å². The van der Waals surface area contributed by atoms with Gasteiger partial charge in [-0.1, -0.05) is 50.1 Å². The fourth-order valence-electron chi connectivity index (χ4n) is 3.39. The van der Waals surface area contributed by atoms with E-state index < -0.39 is 0 Å². The first-order chi connectivity index (χ1) is 11.8. The molecule has 0 bridgehead atoms. The molecule has 0 spiro atoms. The monoisotopic (exact) mass is 326 g/mol. The number of amides is 1. The molecule has 2 heterocycles.